The fourth-order valence-electron chi connectivity index (χ4n) is 1.86. The smallest absolute Gasteiger partial charge is 0.100 e. The molecule has 0 amide bonds. The molecule has 84 valence electrons. The third kappa shape index (κ3) is 1.88. The van der Waals surface area contributed by atoms with Gasteiger partial charge in [-0.05, 0) is 59.0 Å². The Labute approximate surface area is 112 Å². The first-order chi connectivity index (χ1) is 8.24. The van der Waals surface area contributed by atoms with E-state index in [0.717, 1.165) is 22.4 Å². The van der Waals surface area contributed by atoms with Crippen LogP contribution in [0.5, 0.6) is 0 Å². The molecule has 0 unspecified atom stereocenters. The van der Waals surface area contributed by atoms with Crippen molar-refractivity contribution in [3.8, 4) is 5.69 Å². The normalized spacial score (nSPS) is 10.9. The summed E-state index contributed by atoms with van der Waals surface area (Å²) in [4.78, 5) is 4.37. The van der Waals surface area contributed by atoms with Gasteiger partial charge in [-0.25, -0.2) is 4.98 Å². The Bertz CT molecular complexity index is 688. The molecule has 0 aliphatic carbocycles. The van der Waals surface area contributed by atoms with Gasteiger partial charge >= 0.3 is 0 Å². The summed E-state index contributed by atoms with van der Waals surface area (Å²) < 4.78 is 3.27. The van der Waals surface area contributed by atoms with Crippen molar-refractivity contribution in [2.75, 3.05) is 5.73 Å². The molecule has 3 aromatic rings. The lowest BCUT2D eigenvalue weighted by molar-refractivity contribution is 1.09. The number of hydrogen-bond donors (Lipinski definition) is 1. The summed E-state index contributed by atoms with van der Waals surface area (Å²) in [5.74, 6) is 0. The second-order valence-electron chi connectivity index (χ2n) is 3.84. The van der Waals surface area contributed by atoms with E-state index in [-0.39, 0.29) is 0 Å². The molecule has 0 saturated heterocycles. The first-order valence-corrected chi connectivity index (χ1v) is 6.30. The highest BCUT2D eigenvalue weighted by molar-refractivity contribution is 14.1. The molecule has 4 heteroatoms. The predicted molar refractivity (Wildman–Crippen MR) is 78.2 cm³/mol. The zero-order valence-electron chi connectivity index (χ0n) is 8.97. The quantitative estimate of drug-likeness (QED) is 0.548. The van der Waals surface area contributed by atoms with Gasteiger partial charge in [0.2, 0.25) is 0 Å². The lowest BCUT2D eigenvalue weighted by Gasteiger charge is -2.04. The minimum absolute atomic E-state index is 0.741. The number of aromatic nitrogens is 2. The first kappa shape index (κ1) is 10.6. The molecule has 1 heterocycles. The highest BCUT2D eigenvalue weighted by Crippen LogP contribution is 2.21. The van der Waals surface area contributed by atoms with Crippen molar-refractivity contribution in [1.82, 2.24) is 9.55 Å². The summed E-state index contributed by atoms with van der Waals surface area (Å²) in [5.41, 5.74) is 9.59. The van der Waals surface area contributed by atoms with E-state index in [1.807, 2.05) is 30.6 Å². The van der Waals surface area contributed by atoms with Gasteiger partial charge in [0.05, 0.1) is 11.0 Å². The third-order valence-corrected chi connectivity index (χ3v) is 3.33. The van der Waals surface area contributed by atoms with Crippen LogP contribution >= 0.6 is 22.6 Å². The number of imidazole rings is 1. The van der Waals surface area contributed by atoms with Gasteiger partial charge in [0.1, 0.15) is 6.33 Å². The highest BCUT2D eigenvalue weighted by Gasteiger charge is 2.04. The fourth-order valence-corrected chi connectivity index (χ4v) is 2.39. The van der Waals surface area contributed by atoms with E-state index in [9.17, 15) is 0 Å². The van der Waals surface area contributed by atoms with Gasteiger partial charge in [-0.3, -0.25) is 4.57 Å². The number of nitrogens with zero attached hydrogens (tertiary/aromatic N) is 2. The van der Waals surface area contributed by atoms with Crippen LogP contribution in [0.3, 0.4) is 0 Å². The summed E-state index contributed by atoms with van der Waals surface area (Å²) >= 11 is 2.31. The third-order valence-electron chi connectivity index (χ3n) is 2.66. The van der Waals surface area contributed by atoms with Gasteiger partial charge < -0.3 is 5.73 Å². The van der Waals surface area contributed by atoms with Crippen molar-refractivity contribution in [2.24, 2.45) is 0 Å². The molecule has 17 heavy (non-hydrogen) atoms. The summed E-state index contributed by atoms with van der Waals surface area (Å²) in [6.45, 7) is 0. The number of benzene rings is 2. The standard InChI is InChI=1S/C13H10IN3/c14-9-2-1-3-11(6-9)17-8-16-12-7-10(15)4-5-13(12)17/h1-8H,15H2. The summed E-state index contributed by atoms with van der Waals surface area (Å²) in [6.07, 6.45) is 1.83. The van der Waals surface area contributed by atoms with Crippen molar-refractivity contribution in [3.63, 3.8) is 0 Å². The van der Waals surface area contributed by atoms with Crippen molar-refractivity contribution >= 4 is 39.3 Å². The summed E-state index contributed by atoms with van der Waals surface area (Å²) in [5, 5.41) is 0. The molecule has 0 atom stereocenters. The lowest BCUT2D eigenvalue weighted by atomic mass is 10.2. The number of nitrogen functional groups attached to an aromatic ring is 1. The molecule has 2 N–H and O–H groups in total. The van der Waals surface area contributed by atoms with Crippen LogP contribution in [0.4, 0.5) is 5.69 Å². The first-order valence-electron chi connectivity index (χ1n) is 5.22. The second-order valence-corrected chi connectivity index (χ2v) is 5.09. The maximum Gasteiger partial charge on any atom is 0.100 e. The van der Waals surface area contributed by atoms with Crippen LogP contribution in [-0.2, 0) is 0 Å². The van der Waals surface area contributed by atoms with Crippen LogP contribution in [0.15, 0.2) is 48.8 Å². The second kappa shape index (κ2) is 4.03. The van der Waals surface area contributed by atoms with E-state index in [1.165, 1.54) is 3.57 Å². The topological polar surface area (TPSA) is 43.8 Å². The van der Waals surface area contributed by atoms with E-state index in [1.54, 1.807) is 0 Å². The van der Waals surface area contributed by atoms with Gasteiger partial charge in [0.25, 0.3) is 0 Å². The highest BCUT2D eigenvalue weighted by atomic mass is 127. The Morgan fingerprint density at radius 3 is 2.82 bits per heavy atom. The molecule has 0 aliphatic heterocycles. The molecule has 2 aromatic carbocycles. The van der Waals surface area contributed by atoms with Crippen LogP contribution < -0.4 is 5.73 Å². The molecule has 0 radical (unpaired) electrons. The SMILES string of the molecule is Nc1ccc2c(c1)ncn2-c1cccc(I)c1. The average Bonchev–Trinajstić information content (AvgIpc) is 2.71. The number of rotatable bonds is 1. The molecule has 1 aromatic heterocycles. The molecule has 0 fully saturated rings. The van der Waals surface area contributed by atoms with E-state index < -0.39 is 0 Å². The molecule has 0 spiro atoms. The largest absolute Gasteiger partial charge is 0.399 e. The molecule has 3 nitrogen and oxygen atoms in total. The zero-order valence-corrected chi connectivity index (χ0v) is 11.1. The van der Waals surface area contributed by atoms with Crippen molar-refractivity contribution in [2.45, 2.75) is 0 Å². The molecular weight excluding hydrogens is 325 g/mol. The number of halogens is 1. The molecular formula is C13H10IN3. The minimum atomic E-state index is 0.741. The zero-order chi connectivity index (χ0) is 11.8. The number of fused-ring (bicyclic) bond motifs is 1. The van der Waals surface area contributed by atoms with Crippen LogP contribution in [0.1, 0.15) is 0 Å². The molecule has 3 rings (SSSR count). The Kier molecular flexibility index (Phi) is 2.51. The maximum atomic E-state index is 5.75. The van der Waals surface area contributed by atoms with Crippen molar-refractivity contribution in [1.29, 1.82) is 0 Å². The molecule has 0 saturated carbocycles. The Morgan fingerprint density at radius 1 is 1.12 bits per heavy atom. The van der Waals surface area contributed by atoms with Crippen LogP contribution in [0, 0.1) is 3.57 Å². The maximum absolute atomic E-state index is 5.75. The molecule has 0 bridgehead atoms. The number of anilines is 1. The van der Waals surface area contributed by atoms with Crippen LogP contribution in [0.2, 0.25) is 0 Å². The number of nitrogens with two attached hydrogens (primary N) is 1. The van der Waals surface area contributed by atoms with E-state index in [0.29, 0.717) is 0 Å². The molecule has 0 aliphatic rings. The monoisotopic (exact) mass is 335 g/mol. The van der Waals surface area contributed by atoms with E-state index in [2.05, 4.69) is 50.3 Å². The summed E-state index contributed by atoms with van der Waals surface area (Å²) in [6, 6.07) is 14.1. The summed E-state index contributed by atoms with van der Waals surface area (Å²) in [7, 11) is 0. The van der Waals surface area contributed by atoms with Gasteiger partial charge in [-0.15, -0.1) is 0 Å². The minimum Gasteiger partial charge on any atom is -0.399 e. The van der Waals surface area contributed by atoms with Gasteiger partial charge in [0.15, 0.2) is 0 Å². The van der Waals surface area contributed by atoms with E-state index in [4.69, 9.17) is 5.73 Å². The van der Waals surface area contributed by atoms with E-state index >= 15 is 0 Å². The van der Waals surface area contributed by atoms with Crippen molar-refractivity contribution in [3.05, 3.63) is 52.4 Å². The predicted octanol–water partition coefficient (Wildman–Crippen LogP) is 3.21. The van der Waals surface area contributed by atoms with Crippen LogP contribution in [0.25, 0.3) is 16.7 Å². The lowest BCUT2D eigenvalue weighted by Crippen LogP contribution is -1.92. The Morgan fingerprint density at radius 2 is 2.00 bits per heavy atom. The average molecular weight is 335 g/mol. The Balaban J connectivity index is 2.24. The van der Waals surface area contributed by atoms with Crippen LogP contribution in [-0.4, -0.2) is 9.55 Å². The van der Waals surface area contributed by atoms with Gasteiger partial charge in [-0.2, -0.15) is 0 Å². The number of hydrogen-bond acceptors (Lipinski definition) is 2. The Hall–Kier alpha value is -1.56. The van der Waals surface area contributed by atoms with Gasteiger partial charge in [0, 0.05) is 14.9 Å². The van der Waals surface area contributed by atoms with Crippen molar-refractivity contribution < 1.29 is 0 Å². The fraction of sp³-hybridized carbons (Fsp3) is 0. The van der Waals surface area contributed by atoms with Gasteiger partial charge in [-0.1, -0.05) is 6.07 Å².